The van der Waals surface area contributed by atoms with E-state index in [0.717, 1.165) is 25.7 Å². The maximum Gasteiger partial charge on any atom is 0.250 e. The lowest BCUT2D eigenvalue weighted by molar-refractivity contribution is -0.196. The third-order valence-corrected chi connectivity index (χ3v) is 3.69. The van der Waals surface area contributed by atoms with Crippen LogP contribution in [-0.4, -0.2) is 56.1 Å². The summed E-state index contributed by atoms with van der Waals surface area (Å²) in [6, 6.07) is 0. The first-order valence-corrected chi connectivity index (χ1v) is 6.67. The molecule has 104 valence electrons. The van der Waals surface area contributed by atoms with E-state index < -0.39 is 0 Å². The molecule has 1 spiro atoms. The highest BCUT2D eigenvalue weighted by atomic mass is 16.7. The van der Waals surface area contributed by atoms with Gasteiger partial charge in [0.1, 0.15) is 6.10 Å². The first-order valence-electron chi connectivity index (χ1n) is 6.67. The SMILES string of the molecule is CC(OC1CCC2(CC1)OCCO2)C(=O)N(C)C. The molecule has 0 N–H and O–H groups in total. The number of carbonyl (C=O) groups excluding carboxylic acids is 1. The number of carbonyl (C=O) groups is 1. The predicted octanol–water partition coefficient (Wildman–Crippen LogP) is 1.17. The minimum atomic E-state index is -0.371. The number of nitrogens with zero attached hydrogens (tertiary/aromatic N) is 1. The molecule has 0 aromatic carbocycles. The topological polar surface area (TPSA) is 48.0 Å². The van der Waals surface area contributed by atoms with Gasteiger partial charge in [0, 0.05) is 26.9 Å². The average Bonchev–Trinajstić information content (AvgIpc) is 2.80. The summed E-state index contributed by atoms with van der Waals surface area (Å²) in [6.45, 7) is 3.21. The highest BCUT2D eigenvalue weighted by Crippen LogP contribution is 2.36. The van der Waals surface area contributed by atoms with Gasteiger partial charge in [0.2, 0.25) is 0 Å². The van der Waals surface area contributed by atoms with Gasteiger partial charge in [-0.3, -0.25) is 4.79 Å². The van der Waals surface area contributed by atoms with Crippen molar-refractivity contribution in [2.24, 2.45) is 0 Å². The van der Waals surface area contributed by atoms with Crippen molar-refractivity contribution >= 4 is 5.91 Å². The summed E-state index contributed by atoms with van der Waals surface area (Å²) < 4.78 is 17.1. The molecule has 0 aromatic heterocycles. The number of amides is 1. The van der Waals surface area contributed by atoms with Crippen molar-refractivity contribution in [1.82, 2.24) is 4.90 Å². The van der Waals surface area contributed by atoms with Crippen molar-refractivity contribution in [3.8, 4) is 0 Å². The fourth-order valence-corrected chi connectivity index (χ4v) is 2.66. The van der Waals surface area contributed by atoms with Gasteiger partial charge in [-0.2, -0.15) is 0 Å². The van der Waals surface area contributed by atoms with Crippen LogP contribution in [0.3, 0.4) is 0 Å². The Morgan fingerprint density at radius 3 is 2.33 bits per heavy atom. The van der Waals surface area contributed by atoms with Gasteiger partial charge in [-0.25, -0.2) is 0 Å². The van der Waals surface area contributed by atoms with E-state index >= 15 is 0 Å². The van der Waals surface area contributed by atoms with E-state index in [0.29, 0.717) is 13.2 Å². The molecule has 0 radical (unpaired) electrons. The molecule has 18 heavy (non-hydrogen) atoms. The Labute approximate surface area is 108 Å². The van der Waals surface area contributed by atoms with E-state index in [2.05, 4.69) is 0 Å². The lowest BCUT2D eigenvalue weighted by Gasteiger charge is -2.36. The minimum Gasteiger partial charge on any atom is -0.365 e. The van der Waals surface area contributed by atoms with E-state index in [1.807, 2.05) is 6.92 Å². The average molecular weight is 257 g/mol. The molecule has 1 aliphatic carbocycles. The van der Waals surface area contributed by atoms with E-state index in [9.17, 15) is 4.79 Å². The molecule has 1 saturated carbocycles. The zero-order valence-electron chi connectivity index (χ0n) is 11.5. The van der Waals surface area contributed by atoms with Gasteiger partial charge < -0.3 is 19.1 Å². The molecule has 1 unspecified atom stereocenters. The Morgan fingerprint density at radius 2 is 1.83 bits per heavy atom. The summed E-state index contributed by atoms with van der Waals surface area (Å²) >= 11 is 0. The molecule has 1 saturated heterocycles. The molecule has 1 heterocycles. The summed E-state index contributed by atoms with van der Waals surface area (Å²) in [6.07, 6.45) is 3.28. The maximum atomic E-state index is 11.7. The lowest BCUT2D eigenvalue weighted by atomic mass is 9.91. The molecule has 1 aliphatic heterocycles. The molecule has 2 rings (SSSR count). The van der Waals surface area contributed by atoms with Crippen LogP contribution in [0.15, 0.2) is 0 Å². The van der Waals surface area contributed by atoms with Crippen molar-refractivity contribution in [2.45, 2.75) is 50.6 Å². The second-order valence-electron chi connectivity index (χ2n) is 5.32. The van der Waals surface area contributed by atoms with Crippen LogP contribution < -0.4 is 0 Å². The van der Waals surface area contributed by atoms with Crippen molar-refractivity contribution in [3.63, 3.8) is 0 Å². The normalized spacial score (nSPS) is 25.3. The minimum absolute atomic E-state index is 0.0173. The zero-order chi connectivity index (χ0) is 13.2. The van der Waals surface area contributed by atoms with Gasteiger partial charge >= 0.3 is 0 Å². The zero-order valence-corrected chi connectivity index (χ0v) is 11.5. The van der Waals surface area contributed by atoms with Gasteiger partial charge in [0.25, 0.3) is 5.91 Å². The van der Waals surface area contributed by atoms with E-state index in [1.54, 1.807) is 19.0 Å². The van der Waals surface area contributed by atoms with Crippen LogP contribution in [0.2, 0.25) is 0 Å². The first-order chi connectivity index (χ1) is 8.52. The summed E-state index contributed by atoms with van der Waals surface area (Å²) in [4.78, 5) is 13.3. The fourth-order valence-electron chi connectivity index (χ4n) is 2.66. The quantitative estimate of drug-likeness (QED) is 0.761. The lowest BCUT2D eigenvalue weighted by Crippen LogP contribution is -2.41. The van der Waals surface area contributed by atoms with Crippen molar-refractivity contribution in [2.75, 3.05) is 27.3 Å². The van der Waals surface area contributed by atoms with Crippen molar-refractivity contribution < 1.29 is 19.0 Å². The highest BCUT2D eigenvalue weighted by molar-refractivity contribution is 5.79. The van der Waals surface area contributed by atoms with Crippen LogP contribution in [0.4, 0.5) is 0 Å². The van der Waals surface area contributed by atoms with E-state index in [-0.39, 0.29) is 23.9 Å². The van der Waals surface area contributed by atoms with Crippen LogP contribution in [-0.2, 0) is 19.0 Å². The van der Waals surface area contributed by atoms with Gasteiger partial charge in [-0.1, -0.05) is 0 Å². The second-order valence-corrected chi connectivity index (χ2v) is 5.32. The Morgan fingerprint density at radius 1 is 1.28 bits per heavy atom. The van der Waals surface area contributed by atoms with Crippen LogP contribution >= 0.6 is 0 Å². The number of rotatable bonds is 3. The van der Waals surface area contributed by atoms with Gasteiger partial charge in [0.05, 0.1) is 19.3 Å². The van der Waals surface area contributed by atoms with Crippen LogP contribution in [0.25, 0.3) is 0 Å². The Balaban J connectivity index is 1.78. The summed E-state index contributed by atoms with van der Waals surface area (Å²) in [5.41, 5.74) is 0. The largest absolute Gasteiger partial charge is 0.365 e. The number of hydrogen-bond acceptors (Lipinski definition) is 4. The first kappa shape index (κ1) is 13.8. The predicted molar refractivity (Wildman–Crippen MR) is 66.1 cm³/mol. The van der Waals surface area contributed by atoms with Crippen molar-refractivity contribution in [3.05, 3.63) is 0 Å². The van der Waals surface area contributed by atoms with E-state index in [4.69, 9.17) is 14.2 Å². The standard InChI is InChI=1S/C13H23NO4/c1-10(12(15)14(2)3)18-11-4-6-13(7-5-11)16-8-9-17-13/h10-11H,4-9H2,1-3H3. The smallest absolute Gasteiger partial charge is 0.250 e. The molecule has 1 amide bonds. The monoisotopic (exact) mass is 257 g/mol. The maximum absolute atomic E-state index is 11.7. The number of hydrogen-bond donors (Lipinski definition) is 0. The molecule has 5 heteroatoms. The van der Waals surface area contributed by atoms with Gasteiger partial charge in [-0.15, -0.1) is 0 Å². The Bertz CT molecular complexity index is 289. The van der Waals surface area contributed by atoms with Gasteiger partial charge in [-0.05, 0) is 19.8 Å². The third kappa shape index (κ3) is 3.02. The Kier molecular flexibility index (Phi) is 4.25. The second kappa shape index (κ2) is 5.55. The Hall–Kier alpha value is -0.650. The van der Waals surface area contributed by atoms with Crippen LogP contribution in [0.1, 0.15) is 32.6 Å². The molecule has 0 aromatic rings. The van der Waals surface area contributed by atoms with Gasteiger partial charge in [0.15, 0.2) is 5.79 Å². The molecular weight excluding hydrogens is 234 g/mol. The molecular formula is C13H23NO4. The third-order valence-electron chi connectivity index (χ3n) is 3.69. The summed E-state index contributed by atoms with van der Waals surface area (Å²) in [7, 11) is 3.50. The molecule has 2 fully saturated rings. The molecule has 0 bridgehead atoms. The molecule has 2 aliphatic rings. The number of likely N-dealkylation sites (N-methyl/N-ethyl adjacent to an activating group) is 1. The summed E-state index contributed by atoms with van der Waals surface area (Å²) in [5, 5.41) is 0. The summed E-state index contributed by atoms with van der Waals surface area (Å²) in [5.74, 6) is -0.335. The molecule has 1 atom stereocenters. The fraction of sp³-hybridized carbons (Fsp3) is 0.923. The van der Waals surface area contributed by atoms with E-state index in [1.165, 1.54) is 0 Å². The molecule has 5 nitrogen and oxygen atoms in total. The number of ether oxygens (including phenoxy) is 3. The van der Waals surface area contributed by atoms with Crippen LogP contribution in [0, 0.1) is 0 Å². The van der Waals surface area contributed by atoms with Crippen LogP contribution in [0.5, 0.6) is 0 Å². The van der Waals surface area contributed by atoms with Crippen molar-refractivity contribution in [1.29, 1.82) is 0 Å². The highest BCUT2D eigenvalue weighted by Gasteiger charge is 2.41.